The predicted molar refractivity (Wildman–Crippen MR) is 79.7 cm³/mol. The van der Waals surface area contributed by atoms with Crippen LogP contribution in [0.3, 0.4) is 0 Å². The van der Waals surface area contributed by atoms with Crippen LogP contribution < -0.4 is 5.73 Å². The van der Waals surface area contributed by atoms with Crippen LogP contribution in [0.15, 0.2) is 48.5 Å². The van der Waals surface area contributed by atoms with Crippen molar-refractivity contribution in [2.45, 2.75) is 6.54 Å². The van der Waals surface area contributed by atoms with Gasteiger partial charge in [0.2, 0.25) is 0 Å². The van der Waals surface area contributed by atoms with Gasteiger partial charge >= 0.3 is 0 Å². The second kappa shape index (κ2) is 5.63. The number of halogens is 2. The van der Waals surface area contributed by atoms with Crippen molar-refractivity contribution in [3.63, 3.8) is 0 Å². The summed E-state index contributed by atoms with van der Waals surface area (Å²) in [5, 5.41) is 8.79. The van der Waals surface area contributed by atoms with Crippen molar-refractivity contribution in [1.82, 2.24) is 15.0 Å². The molecular formula is C15H12ClFN4. The number of hydrogen-bond donors (Lipinski definition) is 1. The normalized spacial score (nSPS) is 10.8. The van der Waals surface area contributed by atoms with Crippen LogP contribution in [0.4, 0.5) is 4.39 Å². The van der Waals surface area contributed by atoms with Crippen molar-refractivity contribution >= 4 is 11.6 Å². The molecule has 4 nitrogen and oxygen atoms in total. The highest BCUT2D eigenvalue weighted by molar-refractivity contribution is 6.30. The maximum atomic E-state index is 13.4. The lowest BCUT2D eigenvalue weighted by Gasteiger charge is -2.08. The Morgan fingerprint density at radius 2 is 1.90 bits per heavy atom. The van der Waals surface area contributed by atoms with E-state index in [1.807, 2.05) is 12.1 Å². The highest BCUT2D eigenvalue weighted by Gasteiger charge is 2.15. The molecule has 0 radical (unpaired) electrons. The topological polar surface area (TPSA) is 56.7 Å². The molecule has 3 rings (SSSR count). The van der Waals surface area contributed by atoms with Gasteiger partial charge in [0.1, 0.15) is 11.5 Å². The van der Waals surface area contributed by atoms with Crippen LogP contribution in [0.5, 0.6) is 0 Å². The fourth-order valence-corrected chi connectivity index (χ4v) is 2.26. The van der Waals surface area contributed by atoms with Gasteiger partial charge in [0.15, 0.2) is 0 Å². The van der Waals surface area contributed by atoms with E-state index in [0.29, 0.717) is 16.4 Å². The van der Waals surface area contributed by atoms with Crippen molar-refractivity contribution in [3.8, 4) is 16.9 Å². The third-order valence-electron chi connectivity index (χ3n) is 3.10. The third-order valence-corrected chi connectivity index (χ3v) is 3.36. The Morgan fingerprint density at radius 1 is 1.14 bits per heavy atom. The number of aromatic nitrogens is 3. The summed E-state index contributed by atoms with van der Waals surface area (Å²) in [5.41, 5.74) is 8.56. The van der Waals surface area contributed by atoms with Crippen LogP contribution in [0.2, 0.25) is 5.02 Å². The van der Waals surface area contributed by atoms with Crippen LogP contribution >= 0.6 is 11.6 Å². The largest absolute Gasteiger partial charge is 0.325 e. The maximum Gasteiger partial charge on any atom is 0.125 e. The minimum atomic E-state index is -0.334. The van der Waals surface area contributed by atoms with Crippen molar-refractivity contribution in [2.24, 2.45) is 5.73 Å². The summed E-state index contributed by atoms with van der Waals surface area (Å²) in [6.45, 7) is 0.243. The highest BCUT2D eigenvalue weighted by atomic mass is 35.5. The lowest BCUT2D eigenvalue weighted by Crippen LogP contribution is -2.02. The first-order chi connectivity index (χ1) is 10.2. The Kier molecular flexibility index (Phi) is 3.68. The Labute approximate surface area is 126 Å². The Bertz CT molecular complexity index is 768. The van der Waals surface area contributed by atoms with Crippen molar-refractivity contribution in [1.29, 1.82) is 0 Å². The Balaban J connectivity index is 2.19. The second-order valence-electron chi connectivity index (χ2n) is 4.49. The summed E-state index contributed by atoms with van der Waals surface area (Å²) in [6.07, 6.45) is 0. The van der Waals surface area contributed by atoms with Gasteiger partial charge in [0, 0.05) is 17.1 Å². The lowest BCUT2D eigenvalue weighted by atomic mass is 10.1. The lowest BCUT2D eigenvalue weighted by molar-refractivity contribution is 0.625. The summed E-state index contributed by atoms with van der Waals surface area (Å²) >= 11 is 5.91. The van der Waals surface area contributed by atoms with Crippen LogP contribution in [-0.4, -0.2) is 15.0 Å². The van der Waals surface area contributed by atoms with Crippen molar-refractivity contribution in [2.75, 3.05) is 0 Å². The van der Waals surface area contributed by atoms with Gasteiger partial charge in [-0.2, -0.15) is 0 Å². The zero-order valence-corrected chi connectivity index (χ0v) is 11.8. The number of rotatable bonds is 3. The van der Waals surface area contributed by atoms with Gasteiger partial charge in [0.05, 0.1) is 11.4 Å². The van der Waals surface area contributed by atoms with Gasteiger partial charge < -0.3 is 5.73 Å². The maximum absolute atomic E-state index is 13.4. The van der Waals surface area contributed by atoms with E-state index in [1.165, 1.54) is 12.1 Å². The molecule has 0 saturated carbocycles. The van der Waals surface area contributed by atoms with Gasteiger partial charge in [-0.3, -0.25) is 0 Å². The van der Waals surface area contributed by atoms with E-state index >= 15 is 0 Å². The van der Waals surface area contributed by atoms with Gasteiger partial charge in [0.25, 0.3) is 0 Å². The van der Waals surface area contributed by atoms with Gasteiger partial charge in [-0.15, -0.1) is 5.10 Å². The third kappa shape index (κ3) is 2.66. The molecule has 1 heterocycles. The molecule has 0 unspecified atom stereocenters. The molecule has 0 fully saturated rings. The fourth-order valence-electron chi connectivity index (χ4n) is 2.14. The van der Waals surface area contributed by atoms with E-state index in [0.717, 1.165) is 11.3 Å². The molecule has 0 aliphatic heterocycles. The summed E-state index contributed by atoms with van der Waals surface area (Å²) in [6, 6.07) is 13.4. The summed E-state index contributed by atoms with van der Waals surface area (Å²) in [5.74, 6) is -0.334. The quantitative estimate of drug-likeness (QED) is 0.808. The second-order valence-corrected chi connectivity index (χ2v) is 4.92. The molecular weight excluding hydrogens is 291 g/mol. The highest BCUT2D eigenvalue weighted by Crippen LogP contribution is 2.26. The first kappa shape index (κ1) is 13.7. The first-order valence-corrected chi connectivity index (χ1v) is 6.73. The molecule has 0 spiro atoms. The number of nitrogens with zero attached hydrogens (tertiary/aromatic N) is 3. The van der Waals surface area contributed by atoms with Crippen molar-refractivity contribution < 1.29 is 4.39 Å². The van der Waals surface area contributed by atoms with Gasteiger partial charge in [-0.1, -0.05) is 35.0 Å². The molecule has 21 heavy (non-hydrogen) atoms. The molecule has 0 aliphatic rings. The van der Waals surface area contributed by atoms with E-state index in [4.69, 9.17) is 17.3 Å². The molecule has 3 aromatic rings. The van der Waals surface area contributed by atoms with E-state index in [1.54, 1.807) is 28.9 Å². The zero-order valence-electron chi connectivity index (χ0n) is 11.0. The average Bonchev–Trinajstić information content (AvgIpc) is 2.92. The Morgan fingerprint density at radius 3 is 2.57 bits per heavy atom. The monoisotopic (exact) mass is 302 g/mol. The molecule has 0 saturated heterocycles. The molecule has 6 heteroatoms. The number of hydrogen-bond acceptors (Lipinski definition) is 3. The number of benzene rings is 2. The smallest absolute Gasteiger partial charge is 0.125 e. The molecule has 0 bridgehead atoms. The first-order valence-electron chi connectivity index (χ1n) is 6.35. The molecule has 1 aromatic heterocycles. The van der Waals surface area contributed by atoms with E-state index in [-0.39, 0.29) is 12.4 Å². The summed E-state index contributed by atoms with van der Waals surface area (Å²) in [7, 11) is 0. The SMILES string of the molecule is NCc1nnn(-c2cccc(F)c2)c1-c1ccc(Cl)cc1. The predicted octanol–water partition coefficient (Wildman–Crippen LogP) is 3.19. The summed E-state index contributed by atoms with van der Waals surface area (Å²) in [4.78, 5) is 0. The molecule has 2 aromatic carbocycles. The van der Waals surface area contributed by atoms with E-state index < -0.39 is 0 Å². The van der Waals surface area contributed by atoms with Crippen LogP contribution in [0, 0.1) is 5.82 Å². The Hall–Kier alpha value is -2.24. The van der Waals surface area contributed by atoms with E-state index in [9.17, 15) is 4.39 Å². The molecule has 0 aliphatic carbocycles. The molecule has 106 valence electrons. The number of nitrogens with two attached hydrogens (primary N) is 1. The average molecular weight is 303 g/mol. The molecule has 0 atom stereocenters. The van der Waals surface area contributed by atoms with Crippen LogP contribution in [0.25, 0.3) is 16.9 Å². The van der Waals surface area contributed by atoms with Gasteiger partial charge in [-0.05, 0) is 30.3 Å². The van der Waals surface area contributed by atoms with E-state index in [2.05, 4.69) is 10.3 Å². The fraction of sp³-hybridized carbons (Fsp3) is 0.0667. The standard InChI is InChI=1S/C15H12ClFN4/c16-11-6-4-10(5-7-11)15-14(9-18)19-20-21(15)13-3-1-2-12(17)8-13/h1-8H,9,18H2. The zero-order chi connectivity index (χ0) is 14.8. The van der Waals surface area contributed by atoms with Crippen LogP contribution in [0.1, 0.15) is 5.69 Å². The minimum Gasteiger partial charge on any atom is -0.325 e. The molecule has 0 amide bonds. The minimum absolute atomic E-state index is 0.243. The van der Waals surface area contributed by atoms with Crippen molar-refractivity contribution in [3.05, 3.63) is 65.1 Å². The summed E-state index contributed by atoms with van der Waals surface area (Å²) < 4.78 is 15.0. The van der Waals surface area contributed by atoms with Gasteiger partial charge in [-0.25, -0.2) is 9.07 Å². The molecule has 2 N–H and O–H groups in total. The van der Waals surface area contributed by atoms with Crippen LogP contribution in [-0.2, 0) is 6.54 Å².